The zero-order valence-electron chi connectivity index (χ0n) is 11.5. The lowest BCUT2D eigenvalue weighted by Crippen LogP contribution is -2.60. The maximum absolute atomic E-state index is 12.7. The molecule has 3 rings (SSSR count). The second kappa shape index (κ2) is 4.68. The summed E-state index contributed by atoms with van der Waals surface area (Å²) in [7, 11) is 0. The van der Waals surface area contributed by atoms with Gasteiger partial charge in [-0.3, -0.25) is 24.5 Å². The molecule has 2 fully saturated rings. The summed E-state index contributed by atoms with van der Waals surface area (Å²) in [6, 6.07) is -0.757. The fourth-order valence-electron chi connectivity index (χ4n) is 3.67. The van der Waals surface area contributed by atoms with Crippen molar-refractivity contribution >= 4 is 23.7 Å². The molecule has 7 heteroatoms. The highest BCUT2D eigenvalue weighted by molar-refractivity contribution is 6.04. The predicted octanol–water partition coefficient (Wildman–Crippen LogP) is -0.617. The maximum atomic E-state index is 12.7. The first-order valence-corrected chi connectivity index (χ1v) is 6.95. The third-order valence-corrected chi connectivity index (χ3v) is 4.74. The highest BCUT2D eigenvalue weighted by Gasteiger charge is 2.53. The molecular weight excluding hydrogens is 276 g/mol. The number of allylic oxidation sites excluding steroid dienone is 2. The van der Waals surface area contributed by atoms with Crippen molar-refractivity contribution in [3.8, 4) is 0 Å². The van der Waals surface area contributed by atoms with E-state index in [-0.39, 0.29) is 18.4 Å². The van der Waals surface area contributed by atoms with Crippen LogP contribution >= 0.6 is 0 Å². The molecule has 1 saturated carbocycles. The molecule has 5 atom stereocenters. The third-order valence-electron chi connectivity index (χ3n) is 4.74. The van der Waals surface area contributed by atoms with E-state index in [0.29, 0.717) is 6.42 Å². The van der Waals surface area contributed by atoms with E-state index >= 15 is 0 Å². The Kier molecular flexibility index (Phi) is 3.07. The molecule has 2 N–H and O–H groups in total. The van der Waals surface area contributed by atoms with Gasteiger partial charge in [-0.05, 0) is 25.2 Å². The molecule has 7 nitrogen and oxygen atoms in total. The number of aliphatic carboxylic acids is 1. The van der Waals surface area contributed by atoms with Gasteiger partial charge in [0.2, 0.25) is 17.7 Å². The summed E-state index contributed by atoms with van der Waals surface area (Å²) in [5, 5.41) is 11.5. The number of amides is 3. The van der Waals surface area contributed by atoms with Crippen LogP contribution in [0.25, 0.3) is 0 Å². The van der Waals surface area contributed by atoms with Gasteiger partial charge in [0.05, 0.1) is 11.8 Å². The van der Waals surface area contributed by atoms with Gasteiger partial charge in [-0.1, -0.05) is 12.2 Å². The quantitative estimate of drug-likeness (QED) is 0.521. The van der Waals surface area contributed by atoms with Crippen LogP contribution in [-0.4, -0.2) is 46.3 Å². The van der Waals surface area contributed by atoms with Gasteiger partial charge in [-0.2, -0.15) is 0 Å². The SMILES string of the molecule is CC1C(=O)NC(=O)CN1C(=O)C1C2C=CC(C2)C1C(=O)O. The van der Waals surface area contributed by atoms with Crippen molar-refractivity contribution in [2.24, 2.45) is 23.7 Å². The zero-order chi connectivity index (χ0) is 15.3. The Morgan fingerprint density at radius 3 is 2.48 bits per heavy atom. The first kappa shape index (κ1) is 13.8. The number of nitrogens with zero attached hydrogens (tertiary/aromatic N) is 1. The van der Waals surface area contributed by atoms with E-state index in [0.717, 1.165) is 0 Å². The Bertz CT molecular complexity index is 570. The molecule has 5 unspecified atom stereocenters. The highest BCUT2D eigenvalue weighted by Crippen LogP contribution is 2.49. The minimum atomic E-state index is -0.995. The monoisotopic (exact) mass is 292 g/mol. The minimum Gasteiger partial charge on any atom is -0.481 e. The van der Waals surface area contributed by atoms with E-state index in [1.54, 1.807) is 6.92 Å². The summed E-state index contributed by atoms with van der Waals surface area (Å²) in [4.78, 5) is 48.5. The van der Waals surface area contributed by atoms with E-state index in [1.807, 2.05) is 12.2 Å². The molecule has 112 valence electrons. The van der Waals surface area contributed by atoms with E-state index in [9.17, 15) is 24.3 Å². The van der Waals surface area contributed by atoms with Crippen molar-refractivity contribution in [3.63, 3.8) is 0 Å². The number of imide groups is 1. The molecule has 0 aromatic heterocycles. The lowest BCUT2D eigenvalue weighted by atomic mass is 9.81. The zero-order valence-corrected chi connectivity index (χ0v) is 11.5. The van der Waals surface area contributed by atoms with Gasteiger partial charge >= 0.3 is 5.97 Å². The Morgan fingerprint density at radius 1 is 1.24 bits per heavy atom. The van der Waals surface area contributed by atoms with Gasteiger partial charge in [0.25, 0.3) is 0 Å². The fraction of sp³-hybridized carbons (Fsp3) is 0.571. The number of hydrogen-bond acceptors (Lipinski definition) is 4. The standard InChI is InChI=1S/C14H16N2O5/c1-6-12(18)15-9(17)5-16(6)13(19)10-7-2-3-8(4-7)11(10)14(20)21/h2-3,6-8,10-11H,4-5H2,1H3,(H,20,21)(H,15,17,18). The van der Waals surface area contributed by atoms with Crippen LogP contribution in [0.2, 0.25) is 0 Å². The summed E-state index contributed by atoms with van der Waals surface area (Å²) in [5.41, 5.74) is 0. The number of fused-ring (bicyclic) bond motifs is 2. The number of hydrogen-bond donors (Lipinski definition) is 2. The van der Waals surface area contributed by atoms with Gasteiger partial charge in [0.15, 0.2) is 0 Å². The average Bonchev–Trinajstić information content (AvgIpc) is 3.02. The normalized spacial score (nSPS) is 37.8. The second-order valence-electron chi connectivity index (χ2n) is 5.89. The van der Waals surface area contributed by atoms with Crippen molar-refractivity contribution in [2.45, 2.75) is 19.4 Å². The summed E-state index contributed by atoms with van der Waals surface area (Å²) in [5.74, 6) is -4.15. The number of rotatable bonds is 2. The Hall–Kier alpha value is -2.18. The summed E-state index contributed by atoms with van der Waals surface area (Å²) < 4.78 is 0. The van der Waals surface area contributed by atoms with Crippen molar-refractivity contribution in [1.29, 1.82) is 0 Å². The smallest absolute Gasteiger partial charge is 0.307 e. The molecule has 1 saturated heterocycles. The molecule has 0 aromatic carbocycles. The van der Waals surface area contributed by atoms with E-state index in [1.165, 1.54) is 4.90 Å². The van der Waals surface area contributed by atoms with Crippen molar-refractivity contribution < 1.29 is 24.3 Å². The lowest BCUT2D eigenvalue weighted by molar-refractivity contribution is -0.156. The maximum Gasteiger partial charge on any atom is 0.307 e. The predicted molar refractivity (Wildman–Crippen MR) is 69.7 cm³/mol. The molecular formula is C14H16N2O5. The van der Waals surface area contributed by atoms with Crippen molar-refractivity contribution in [2.75, 3.05) is 6.54 Å². The number of carbonyl (C=O) groups excluding carboxylic acids is 3. The molecule has 1 aliphatic heterocycles. The van der Waals surface area contributed by atoms with Crippen LogP contribution in [0.5, 0.6) is 0 Å². The van der Waals surface area contributed by atoms with Crippen LogP contribution in [0.3, 0.4) is 0 Å². The molecule has 2 aliphatic carbocycles. The molecule has 3 aliphatic rings. The second-order valence-corrected chi connectivity index (χ2v) is 5.89. The number of carboxylic acids is 1. The molecule has 0 aromatic rings. The summed E-state index contributed by atoms with van der Waals surface area (Å²) >= 11 is 0. The van der Waals surface area contributed by atoms with Crippen LogP contribution in [0.4, 0.5) is 0 Å². The largest absolute Gasteiger partial charge is 0.481 e. The van der Waals surface area contributed by atoms with Gasteiger partial charge in [0.1, 0.15) is 12.6 Å². The fourth-order valence-corrected chi connectivity index (χ4v) is 3.67. The molecule has 2 bridgehead atoms. The number of carbonyl (C=O) groups is 4. The van der Waals surface area contributed by atoms with Crippen molar-refractivity contribution in [3.05, 3.63) is 12.2 Å². The van der Waals surface area contributed by atoms with E-state index in [2.05, 4.69) is 5.32 Å². The van der Waals surface area contributed by atoms with Crippen LogP contribution in [0, 0.1) is 23.7 Å². The molecule has 21 heavy (non-hydrogen) atoms. The number of piperazine rings is 1. The molecule has 0 radical (unpaired) electrons. The summed E-state index contributed by atoms with van der Waals surface area (Å²) in [6.07, 6.45) is 4.38. The number of nitrogens with one attached hydrogen (secondary N) is 1. The first-order valence-electron chi connectivity index (χ1n) is 6.95. The summed E-state index contributed by atoms with van der Waals surface area (Å²) in [6.45, 7) is 1.34. The highest BCUT2D eigenvalue weighted by atomic mass is 16.4. The molecule has 1 heterocycles. The van der Waals surface area contributed by atoms with Gasteiger partial charge in [-0.25, -0.2) is 0 Å². The lowest BCUT2D eigenvalue weighted by Gasteiger charge is -2.36. The first-order chi connectivity index (χ1) is 9.90. The van der Waals surface area contributed by atoms with Gasteiger partial charge < -0.3 is 10.0 Å². The number of carboxylic acid groups (broad SMARTS) is 1. The average molecular weight is 292 g/mol. The van der Waals surface area contributed by atoms with E-state index in [4.69, 9.17) is 0 Å². The van der Waals surface area contributed by atoms with Gasteiger partial charge in [-0.15, -0.1) is 0 Å². The Labute approximate surface area is 121 Å². The van der Waals surface area contributed by atoms with Crippen LogP contribution in [0.15, 0.2) is 12.2 Å². The third kappa shape index (κ3) is 2.03. The van der Waals surface area contributed by atoms with E-state index < -0.39 is 41.6 Å². The minimum absolute atomic E-state index is 0.115. The van der Waals surface area contributed by atoms with Crippen LogP contribution < -0.4 is 5.32 Å². The Balaban J connectivity index is 1.87. The van der Waals surface area contributed by atoms with Crippen LogP contribution in [-0.2, 0) is 19.2 Å². The topological polar surface area (TPSA) is 104 Å². The van der Waals surface area contributed by atoms with Gasteiger partial charge in [0, 0.05) is 0 Å². The molecule has 3 amide bonds. The molecule has 0 spiro atoms. The van der Waals surface area contributed by atoms with Crippen molar-refractivity contribution in [1.82, 2.24) is 10.2 Å². The Morgan fingerprint density at radius 2 is 1.86 bits per heavy atom. The van der Waals surface area contributed by atoms with Crippen LogP contribution in [0.1, 0.15) is 13.3 Å².